The van der Waals surface area contributed by atoms with Crippen LogP contribution in [0.5, 0.6) is 0 Å². The van der Waals surface area contributed by atoms with E-state index in [9.17, 15) is 14.4 Å². The molecule has 0 spiro atoms. The number of ether oxygens (including phenoxy) is 1. The van der Waals surface area contributed by atoms with Gasteiger partial charge in [-0.3, -0.25) is 9.59 Å². The SMILES string of the molecule is CC(C)Cc1ccc(C(C)C(=O)O)cc1.CCCCCCCCCCCCCCCCCCCCCC(=O)OC(=O)C(O)CO. The molecular weight excluding hydrogens is 568 g/mol. The molecule has 0 saturated heterocycles. The first-order chi connectivity index (χ1) is 21.6. The van der Waals surface area contributed by atoms with E-state index in [1.807, 2.05) is 24.3 Å². The highest BCUT2D eigenvalue weighted by Gasteiger charge is 2.18. The van der Waals surface area contributed by atoms with Crippen molar-refractivity contribution in [1.82, 2.24) is 0 Å². The largest absolute Gasteiger partial charge is 0.481 e. The van der Waals surface area contributed by atoms with Gasteiger partial charge in [-0.25, -0.2) is 4.79 Å². The van der Waals surface area contributed by atoms with Gasteiger partial charge in [-0.05, 0) is 36.8 Å². The molecule has 260 valence electrons. The fraction of sp³-hybridized carbons (Fsp3) is 0.763. The zero-order valence-electron chi connectivity index (χ0n) is 29.1. The lowest BCUT2D eigenvalue weighted by Gasteiger charge is -2.09. The van der Waals surface area contributed by atoms with Crippen LogP contribution in [0.2, 0.25) is 0 Å². The number of carbonyl (C=O) groups excluding carboxylic acids is 2. The summed E-state index contributed by atoms with van der Waals surface area (Å²) in [6, 6.07) is 7.87. The normalized spacial score (nSPS) is 12.3. The molecule has 2 atom stereocenters. The lowest BCUT2D eigenvalue weighted by Crippen LogP contribution is -2.28. The third-order valence-corrected chi connectivity index (χ3v) is 8.14. The summed E-state index contributed by atoms with van der Waals surface area (Å²) in [5.41, 5.74) is 2.14. The molecule has 0 fully saturated rings. The second-order valence-corrected chi connectivity index (χ2v) is 13.0. The molecule has 2 unspecified atom stereocenters. The summed E-state index contributed by atoms with van der Waals surface area (Å²) in [4.78, 5) is 33.3. The molecule has 0 saturated carbocycles. The minimum atomic E-state index is -1.63. The molecule has 7 nitrogen and oxygen atoms in total. The molecule has 0 bridgehead atoms. The van der Waals surface area contributed by atoms with Crippen LogP contribution in [0, 0.1) is 5.92 Å². The van der Waals surface area contributed by atoms with Crippen LogP contribution in [0.25, 0.3) is 0 Å². The van der Waals surface area contributed by atoms with Crippen LogP contribution < -0.4 is 0 Å². The predicted octanol–water partition coefficient (Wildman–Crippen LogP) is 9.30. The van der Waals surface area contributed by atoms with Crippen LogP contribution >= 0.6 is 0 Å². The van der Waals surface area contributed by atoms with Gasteiger partial charge in [0.05, 0.1) is 12.5 Å². The number of aliphatic carboxylic acids is 1. The third kappa shape index (κ3) is 25.6. The first-order valence-corrected chi connectivity index (χ1v) is 18.0. The van der Waals surface area contributed by atoms with E-state index in [2.05, 4.69) is 25.5 Å². The van der Waals surface area contributed by atoms with Crippen molar-refractivity contribution in [3.8, 4) is 0 Å². The quantitative estimate of drug-likeness (QED) is 0.0527. The van der Waals surface area contributed by atoms with Gasteiger partial charge in [-0.15, -0.1) is 0 Å². The third-order valence-electron chi connectivity index (χ3n) is 8.14. The van der Waals surface area contributed by atoms with E-state index < -0.39 is 36.5 Å². The second kappa shape index (κ2) is 29.2. The first-order valence-electron chi connectivity index (χ1n) is 18.0. The highest BCUT2D eigenvalue weighted by molar-refractivity contribution is 5.87. The van der Waals surface area contributed by atoms with E-state index >= 15 is 0 Å². The van der Waals surface area contributed by atoms with Gasteiger partial charge in [-0.1, -0.05) is 161 Å². The van der Waals surface area contributed by atoms with Gasteiger partial charge < -0.3 is 20.1 Å². The maximum Gasteiger partial charge on any atom is 0.345 e. The van der Waals surface area contributed by atoms with Gasteiger partial charge in [-0.2, -0.15) is 0 Å². The Balaban J connectivity index is 0.00000107. The molecule has 0 heterocycles. The molecule has 1 aromatic rings. The summed E-state index contributed by atoms with van der Waals surface area (Å²) >= 11 is 0. The molecule has 3 N–H and O–H groups in total. The standard InChI is InChI=1S/C25H48O5.C13H18O2/c1-2-3-4-5-6-7-8-9-10-11-12-13-14-15-16-17-18-19-20-21-24(28)30-25(29)23(27)22-26;1-9(2)8-11-4-6-12(7-5-11)10(3)13(14)15/h23,26-27H,2-22H2,1H3;4-7,9-10H,8H2,1-3H3,(H,14,15). The Morgan fingerprint density at radius 1 is 0.667 bits per heavy atom. The molecule has 7 heteroatoms. The summed E-state index contributed by atoms with van der Waals surface area (Å²) in [6.07, 6.45) is 24.2. The van der Waals surface area contributed by atoms with E-state index in [0.29, 0.717) is 12.3 Å². The van der Waals surface area contributed by atoms with Gasteiger partial charge in [0.15, 0.2) is 6.10 Å². The molecule has 0 amide bonds. The molecular formula is C38H66O7. The molecule has 1 rings (SSSR count). The number of hydrogen-bond donors (Lipinski definition) is 3. The smallest absolute Gasteiger partial charge is 0.345 e. The zero-order chi connectivity index (χ0) is 33.7. The summed E-state index contributed by atoms with van der Waals surface area (Å²) in [7, 11) is 0. The van der Waals surface area contributed by atoms with Crippen molar-refractivity contribution in [2.45, 2.75) is 175 Å². The lowest BCUT2D eigenvalue weighted by molar-refractivity contribution is -0.167. The highest BCUT2D eigenvalue weighted by atomic mass is 16.6. The van der Waals surface area contributed by atoms with Gasteiger partial charge in [0, 0.05) is 6.42 Å². The topological polar surface area (TPSA) is 121 Å². The minimum absolute atomic E-state index is 0.183. The van der Waals surface area contributed by atoms with E-state index in [1.165, 1.54) is 108 Å². The molecule has 0 aliphatic rings. The number of carbonyl (C=O) groups is 3. The number of aliphatic hydroxyl groups is 2. The number of rotatable bonds is 26. The highest BCUT2D eigenvalue weighted by Crippen LogP contribution is 2.18. The van der Waals surface area contributed by atoms with Crippen molar-refractivity contribution in [1.29, 1.82) is 0 Å². The number of hydrogen-bond acceptors (Lipinski definition) is 6. The van der Waals surface area contributed by atoms with Crippen LogP contribution in [0.1, 0.15) is 173 Å². The molecule has 0 aliphatic carbocycles. The Labute approximate surface area is 274 Å². The van der Waals surface area contributed by atoms with Crippen molar-refractivity contribution < 1.29 is 34.4 Å². The van der Waals surface area contributed by atoms with E-state index in [4.69, 9.17) is 15.3 Å². The molecule has 0 radical (unpaired) electrons. The minimum Gasteiger partial charge on any atom is -0.481 e. The van der Waals surface area contributed by atoms with Crippen molar-refractivity contribution in [2.24, 2.45) is 5.92 Å². The second-order valence-electron chi connectivity index (χ2n) is 13.0. The Kier molecular flexibility index (Phi) is 27.7. The van der Waals surface area contributed by atoms with Crippen LogP contribution in [-0.2, 0) is 25.5 Å². The van der Waals surface area contributed by atoms with Gasteiger partial charge in [0.2, 0.25) is 0 Å². The van der Waals surface area contributed by atoms with Crippen molar-refractivity contribution in [2.75, 3.05) is 6.61 Å². The summed E-state index contributed by atoms with van der Waals surface area (Å²) in [5.74, 6) is -2.25. The van der Waals surface area contributed by atoms with Crippen LogP contribution in [-0.4, -0.2) is 45.9 Å². The molecule has 1 aromatic carbocycles. The maximum atomic E-state index is 11.4. The Morgan fingerprint density at radius 2 is 1.07 bits per heavy atom. The van der Waals surface area contributed by atoms with Crippen LogP contribution in [0.15, 0.2) is 24.3 Å². The molecule has 0 aromatic heterocycles. The van der Waals surface area contributed by atoms with E-state index in [-0.39, 0.29) is 6.42 Å². The monoisotopic (exact) mass is 634 g/mol. The summed E-state index contributed by atoms with van der Waals surface area (Å²) in [5, 5.41) is 26.5. The van der Waals surface area contributed by atoms with Crippen LogP contribution in [0.4, 0.5) is 0 Å². The molecule has 0 aliphatic heterocycles. The zero-order valence-corrected chi connectivity index (χ0v) is 29.1. The molecule has 45 heavy (non-hydrogen) atoms. The average molecular weight is 635 g/mol. The van der Waals surface area contributed by atoms with Gasteiger partial charge in [0.1, 0.15) is 0 Å². The maximum absolute atomic E-state index is 11.4. The number of aliphatic hydroxyl groups excluding tert-OH is 2. The number of carboxylic acids is 1. The fourth-order valence-electron chi connectivity index (χ4n) is 5.21. The first kappa shape index (κ1) is 42.8. The summed E-state index contributed by atoms with van der Waals surface area (Å²) < 4.78 is 4.45. The fourth-order valence-corrected chi connectivity index (χ4v) is 5.21. The van der Waals surface area contributed by atoms with E-state index in [0.717, 1.165) is 24.8 Å². The Hall–Kier alpha value is -2.25. The summed E-state index contributed by atoms with van der Waals surface area (Å²) in [6.45, 7) is 7.60. The van der Waals surface area contributed by atoms with Crippen molar-refractivity contribution in [3.05, 3.63) is 35.4 Å². The number of benzene rings is 1. The number of esters is 2. The van der Waals surface area contributed by atoms with Gasteiger partial charge in [0.25, 0.3) is 0 Å². The number of unbranched alkanes of at least 4 members (excludes halogenated alkanes) is 18. The Morgan fingerprint density at radius 3 is 1.42 bits per heavy atom. The van der Waals surface area contributed by atoms with E-state index in [1.54, 1.807) is 6.92 Å². The average Bonchev–Trinajstić information content (AvgIpc) is 3.01. The lowest BCUT2D eigenvalue weighted by atomic mass is 9.97. The van der Waals surface area contributed by atoms with Gasteiger partial charge >= 0.3 is 17.9 Å². The number of carboxylic acid groups (broad SMARTS) is 1. The Bertz CT molecular complexity index is 865. The predicted molar refractivity (Wildman–Crippen MR) is 183 cm³/mol. The van der Waals surface area contributed by atoms with Crippen molar-refractivity contribution in [3.63, 3.8) is 0 Å². The van der Waals surface area contributed by atoms with Crippen molar-refractivity contribution >= 4 is 17.9 Å². The van der Waals surface area contributed by atoms with Crippen LogP contribution in [0.3, 0.4) is 0 Å².